The molecule has 0 amide bonds. The Morgan fingerprint density at radius 2 is 2.00 bits per heavy atom. The fourth-order valence-corrected chi connectivity index (χ4v) is 1.57. The normalized spacial score (nSPS) is 10.1. The van der Waals surface area contributed by atoms with E-state index in [1.54, 1.807) is 12.1 Å². The van der Waals surface area contributed by atoms with E-state index in [1.165, 1.54) is 6.07 Å². The van der Waals surface area contributed by atoms with E-state index in [0.717, 1.165) is 5.56 Å². The fraction of sp³-hybridized carbons (Fsp3) is 0.0833. The van der Waals surface area contributed by atoms with Crippen LogP contribution >= 0.6 is 11.6 Å². The molecule has 2 rings (SSSR count). The zero-order chi connectivity index (χ0) is 13.0. The number of nitrogens with zero attached hydrogens (tertiary/aromatic N) is 2. The first-order valence-electron chi connectivity index (χ1n) is 5.21. The summed E-state index contributed by atoms with van der Waals surface area (Å²) in [5, 5.41) is 19.7. The molecule has 0 spiro atoms. The van der Waals surface area contributed by atoms with Gasteiger partial charge < -0.3 is 10.4 Å². The van der Waals surface area contributed by atoms with E-state index in [1.807, 2.05) is 18.2 Å². The van der Waals surface area contributed by atoms with Crippen molar-refractivity contribution >= 4 is 23.4 Å². The average molecular weight is 264 g/mol. The van der Waals surface area contributed by atoms with Crippen molar-refractivity contribution in [2.45, 2.75) is 6.54 Å². The largest absolute Gasteiger partial charge is 0.476 e. The number of halogens is 1. The van der Waals surface area contributed by atoms with Crippen LogP contribution in [0.25, 0.3) is 0 Å². The third-order valence-electron chi connectivity index (χ3n) is 2.30. The predicted octanol–water partition coefficient (Wildman–Crippen LogP) is 2.44. The number of nitrogens with one attached hydrogen (secondary N) is 1. The van der Waals surface area contributed by atoms with Gasteiger partial charge in [-0.1, -0.05) is 29.8 Å². The van der Waals surface area contributed by atoms with Crippen molar-refractivity contribution in [3.63, 3.8) is 0 Å². The van der Waals surface area contributed by atoms with Gasteiger partial charge in [0.2, 0.25) is 0 Å². The number of rotatable bonds is 4. The molecule has 92 valence electrons. The molecule has 0 aliphatic heterocycles. The highest BCUT2D eigenvalue weighted by atomic mass is 35.5. The van der Waals surface area contributed by atoms with Crippen LogP contribution < -0.4 is 5.32 Å². The maximum absolute atomic E-state index is 10.6. The van der Waals surface area contributed by atoms with Crippen molar-refractivity contribution in [1.82, 2.24) is 10.2 Å². The lowest BCUT2D eigenvalue weighted by molar-refractivity contribution is 0.0689. The number of carbonyl (C=O) groups is 1. The Bertz CT molecular complexity index is 558. The molecule has 1 aromatic carbocycles. The zero-order valence-corrected chi connectivity index (χ0v) is 10.1. The summed E-state index contributed by atoms with van der Waals surface area (Å²) in [4.78, 5) is 10.6. The van der Waals surface area contributed by atoms with Crippen molar-refractivity contribution in [2.75, 3.05) is 5.32 Å². The summed E-state index contributed by atoms with van der Waals surface area (Å²) in [6, 6.07) is 10.4. The molecule has 0 saturated carbocycles. The number of aromatic nitrogens is 2. The van der Waals surface area contributed by atoms with E-state index in [0.29, 0.717) is 17.4 Å². The van der Waals surface area contributed by atoms with Gasteiger partial charge in [-0.15, -0.1) is 10.2 Å². The van der Waals surface area contributed by atoms with Crippen molar-refractivity contribution < 1.29 is 9.90 Å². The highest BCUT2D eigenvalue weighted by Gasteiger charge is 2.05. The highest BCUT2D eigenvalue weighted by molar-refractivity contribution is 6.31. The second kappa shape index (κ2) is 5.46. The molecule has 2 aromatic rings. The van der Waals surface area contributed by atoms with Gasteiger partial charge in [-0.05, 0) is 23.8 Å². The topological polar surface area (TPSA) is 75.1 Å². The van der Waals surface area contributed by atoms with Crippen LogP contribution in [-0.4, -0.2) is 21.3 Å². The third-order valence-corrected chi connectivity index (χ3v) is 2.67. The van der Waals surface area contributed by atoms with Gasteiger partial charge in [-0.25, -0.2) is 4.79 Å². The number of benzene rings is 1. The number of hydrogen-bond acceptors (Lipinski definition) is 4. The average Bonchev–Trinajstić information content (AvgIpc) is 2.38. The van der Waals surface area contributed by atoms with E-state index in [4.69, 9.17) is 16.7 Å². The molecule has 1 heterocycles. The van der Waals surface area contributed by atoms with Crippen LogP contribution in [0.15, 0.2) is 36.4 Å². The van der Waals surface area contributed by atoms with Crippen LogP contribution in [0.5, 0.6) is 0 Å². The molecule has 0 aliphatic rings. The van der Waals surface area contributed by atoms with Gasteiger partial charge in [0.15, 0.2) is 5.69 Å². The predicted molar refractivity (Wildman–Crippen MR) is 67.8 cm³/mol. The summed E-state index contributed by atoms with van der Waals surface area (Å²) in [5.41, 5.74) is 0.849. The Morgan fingerprint density at radius 3 is 2.61 bits per heavy atom. The van der Waals surface area contributed by atoms with Crippen LogP contribution in [0.3, 0.4) is 0 Å². The van der Waals surface area contributed by atoms with E-state index in [9.17, 15) is 4.79 Å². The van der Waals surface area contributed by atoms with Gasteiger partial charge in [0.05, 0.1) is 0 Å². The number of anilines is 1. The van der Waals surface area contributed by atoms with E-state index < -0.39 is 5.97 Å². The summed E-state index contributed by atoms with van der Waals surface area (Å²) < 4.78 is 0. The van der Waals surface area contributed by atoms with E-state index in [2.05, 4.69) is 15.5 Å². The smallest absolute Gasteiger partial charge is 0.356 e. The maximum atomic E-state index is 10.6. The zero-order valence-electron chi connectivity index (χ0n) is 9.30. The van der Waals surface area contributed by atoms with Crippen LogP contribution in [0, 0.1) is 0 Å². The Morgan fingerprint density at radius 1 is 1.22 bits per heavy atom. The molecule has 0 bridgehead atoms. The molecule has 5 nitrogen and oxygen atoms in total. The SMILES string of the molecule is O=C(O)c1ccc(NCc2ccccc2Cl)nn1. The Kier molecular flexibility index (Phi) is 3.74. The molecule has 0 saturated heterocycles. The first-order valence-corrected chi connectivity index (χ1v) is 5.59. The minimum Gasteiger partial charge on any atom is -0.476 e. The van der Waals surface area contributed by atoms with Crippen LogP contribution in [0.2, 0.25) is 5.02 Å². The van der Waals surface area contributed by atoms with Gasteiger partial charge in [0.25, 0.3) is 0 Å². The Balaban J connectivity index is 2.02. The lowest BCUT2D eigenvalue weighted by Crippen LogP contribution is -2.06. The van der Waals surface area contributed by atoms with Gasteiger partial charge in [0.1, 0.15) is 5.82 Å². The van der Waals surface area contributed by atoms with Gasteiger partial charge in [-0.3, -0.25) is 0 Å². The molecule has 1 aromatic heterocycles. The minimum atomic E-state index is -1.10. The number of carboxylic acid groups (broad SMARTS) is 1. The van der Waals surface area contributed by atoms with Crippen molar-refractivity contribution in [3.05, 3.63) is 52.7 Å². The molecule has 18 heavy (non-hydrogen) atoms. The molecule has 0 radical (unpaired) electrons. The van der Waals surface area contributed by atoms with E-state index >= 15 is 0 Å². The van der Waals surface area contributed by atoms with Gasteiger partial charge in [0, 0.05) is 11.6 Å². The first-order chi connectivity index (χ1) is 8.66. The summed E-state index contributed by atoms with van der Waals surface area (Å²) in [6.45, 7) is 0.501. The second-order valence-corrected chi connectivity index (χ2v) is 3.96. The number of carboxylic acids is 1. The van der Waals surface area contributed by atoms with Crippen molar-refractivity contribution in [1.29, 1.82) is 0 Å². The molecular formula is C12H10ClN3O2. The van der Waals surface area contributed by atoms with Crippen LogP contribution in [0.1, 0.15) is 16.1 Å². The molecular weight excluding hydrogens is 254 g/mol. The monoisotopic (exact) mass is 263 g/mol. The summed E-state index contributed by atoms with van der Waals surface area (Å²) in [7, 11) is 0. The fourth-order valence-electron chi connectivity index (χ4n) is 1.37. The lowest BCUT2D eigenvalue weighted by atomic mass is 10.2. The molecule has 0 fully saturated rings. The third kappa shape index (κ3) is 2.95. The minimum absolute atomic E-state index is 0.0849. The summed E-state index contributed by atoms with van der Waals surface area (Å²) in [6.07, 6.45) is 0. The highest BCUT2D eigenvalue weighted by Crippen LogP contribution is 2.16. The number of aromatic carboxylic acids is 1. The molecule has 0 unspecified atom stereocenters. The molecule has 0 atom stereocenters. The summed E-state index contributed by atoms with van der Waals surface area (Å²) in [5.74, 6) is -0.597. The number of hydrogen-bond donors (Lipinski definition) is 2. The Labute approximate surface area is 108 Å². The second-order valence-electron chi connectivity index (χ2n) is 3.55. The molecule has 2 N–H and O–H groups in total. The Hall–Kier alpha value is -2.14. The maximum Gasteiger partial charge on any atom is 0.356 e. The van der Waals surface area contributed by atoms with Gasteiger partial charge >= 0.3 is 5.97 Å². The van der Waals surface area contributed by atoms with Gasteiger partial charge in [-0.2, -0.15) is 0 Å². The lowest BCUT2D eigenvalue weighted by Gasteiger charge is -2.06. The van der Waals surface area contributed by atoms with E-state index in [-0.39, 0.29) is 5.69 Å². The van der Waals surface area contributed by atoms with Crippen LogP contribution in [-0.2, 0) is 6.54 Å². The molecule has 6 heteroatoms. The standard InChI is InChI=1S/C12H10ClN3O2/c13-9-4-2-1-3-8(9)7-14-11-6-5-10(12(17)18)15-16-11/h1-6H,7H2,(H,14,16)(H,17,18). The summed E-state index contributed by atoms with van der Waals surface area (Å²) >= 11 is 6.00. The van der Waals surface area contributed by atoms with Crippen molar-refractivity contribution in [3.8, 4) is 0 Å². The van der Waals surface area contributed by atoms with Crippen LogP contribution in [0.4, 0.5) is 5.82 Å². The first kappa shape index (κ1) is 12.3. The van der Waals surface area contributed by atoms with Crippen molar-refractivity contribution in [2.24, 2.45) is 0 Å². The molecule has 0 aliphatic carbocycles. The quantitative estimate of drug-likeness (QED) is 0.886.